The van der Waals surface area contributed by atoms with Crippen LogP contribution in [0.1, 0.15) is 41.5 Å². The molecule has 2 N–H and O–H groups in total. The number of ether oxygens (including phenoxy) is 6. The van der Waals surface area contributed by atoms with Crippen molar-refractivity contribution in [3.8, 4) is 0 Å². The second-order valence-electron chi connectivity index (χ2n) is 10.4. The number of carbonyl (C=O) groups excluding carboxylic acids is 2. The van der Waals surface area contributed by atoms with E-state index in [1.165, 1.54) is 7.11 Å². The Morgan fingerprint density at radius 1 is 0.775 bits per heavy atom. The van der Waals surface area contributed by atoms with E-state index in [0.29, 0.717) is 11.1 Å². The topological polar surface area (TPSA) is 130 Å². The summed E-state index contributed by atoms with van der Waals surface area (Å²) in [5.74, 6) is -1.95. The number of benzene rings is 2. The number of esters is 2. The van der Waals surface area contributed by atoms with Crippen molar-refractivity contribution in [2.45, 2.75) is 63.9 Å². The van der Waals surface area contributed by atoms with Gasteiger partial charge in [-0.2, -0.15) is 0 Å². The summed E-state index contributed by atoms with van der Waals surface area (Å²) in [5, 5.41) is 20.7. The summed E-state index contributed by atoms with van der Waals surface area (Å²) in [6, 6.07) is 17.2. The fourth-order valence-electron chi connectivity index (χ4n) is 5.14. The molecule has 2 aliphatic rings. The van der Waals surface area contributed by atoms with Gasteiger partial charge >= 0.3 is 11.9 Å². The largest absolute Gasteiger partial charge is 0.459 e. The lowest BCUT2D eigenvalue weighted by atomic mass is 9.83. The molecule has 2 fully saturated rings. The molecule has 218 valence electrons. The minimum absolute atomic E-state index is 0.0513. The fraction of sp³-hybridized carbons (Fsp3) is 0.533. The number of aliphatic hydroxyl groups excluding tert-OH is 2. The lowest BCUT2D eigenvalue weighted by Crippen LogP contribution is -2.60. The van der Waals surface area contributed by atoms with E-state index < -0.39 is 67.6 Å². The molecule has 2 heterocycles. The highest BCUT2D eigenvalue weighted by atomic mass is 16.7. The van der Waals surface area contributed by atoms with Gasteiger partial charge in [-0.1, -0.05) is 57.2 Å². The smallest absolute Gasteiger partial charge is 0.338 e. The molecule has 4 unspecified atom stereocenters. The third-order valence-electron chi connectivity index (χ3n) is 7.83. The van der Waals surface area contributed by atoms with E-state index in [1.54, 1.807) is 61.5 Å². The number of hydrogen-bond acceptors (Lipinski definition) is 10. The molecular weight excluding hydrogens is 520 g/mol. The van der Waals surface area contributed by atoms with Crippen LogP contribution in [0.2, 0.25) is 0 Å². The van der Waals surface area contributed by atoms with E-state index in [0.717, 1.165) is 0 Å². The molecule has 0 aliphatic carbocycles. The second-order valence-corrected chi connectivity index (χ2v) is 10.4. The molecule has 0 bridgehead atoms. The van der Waals surface area contributed by atoms with Crippen molar-refractivity contribution in [3.63, 3.8) is 0 Å². The quantitative estimate of drug-likeness (QED) is 0.443. The first-order chi connectivity index (χ1) is 19.2. The Kier molecular flexibility index (Phi) is 10.3. The summed E-state index contributed by atoms with van der Waals surface area (Å²) < 4.78 is 35.2. The van der Waals surface area contributed by atoms with Crippen LogP contribution in [-0.2, 0) is 28.4 Å². The predicted molar refractivity (Wildman–Crippen MR) is 142 cm³/mol. The van der Waals surface area contributed by atoms with Gasteiger partial charge in [-0.15, -0.1) is 0 Å². The van der Waals surface area contributed by atoms with Crippen LogP contribution < -0.4 is 0 Å². The molecule has 10 heteroatoms. The highest BCUT2D eigenvalue weighted by Crippen LogP contribution is 2.37. The van der Waals surface area contributed by atoms with E-state index in [9.17, 15) is 19.8 Å². The molecular formula is C30H38O10. The maximum absolute atomic E-state index is 13.1. The lowest BCUT2D eigenvalue weighted by molar-refractivity contribution is -0.339. The second kappa shape index (κ2) is 13.7. The molecule has 2 saturated heterocycles. The number of aliphatic hydroxyl groups is 2. The van der Waals surface area contributed by atoms with Gasteiger partial charge in [0.15, 0.2) is 18.7 Å². The monoisotopic (exact) mass is 558 g/mol. The Hall–Kier alpha value is -2.86. The van der Waals surface area contributed by atoms with Gasteiger partial charge in [0, 0.05) is 18.9 Å². The summed E-state index contributed by atoms with van der Waals surface area (Å²) in [6.45, 7) is 5.13. The molecule has 0 spiro atoms. The predicted octanol–water partition coefficient (Wildman–Crippen LogP) is 2.81. The van der Waals surface area contributed by atoms with Crippen LogP contribution in [0.5, 0.6) is 0 Å². The van der Waals surface area contributed by atoms with E-state index in [2.05, 4.69) is 0 Å². The zero-order valence-corrected chi connectivity index (χ0v) is 23.1. The highest BCUT2D eigenvalue weighted by molar-refractivity contribution is 5.89. The Bertz CT molecular complexity index is 1080. The number of hydrogen-bond donors (Lipinski definition) is 2. The summed E-state index contributed by atoms with van der Waals surface area (Å²) in [4.78, 5) is 25.7. The van der Waals surface area contributed by atoms with Crippen LogP contribution in [0, 0.1) is 17.8 Å². The molecule has 10 atom stereocenters. The molecule has 0 amide bonds. The van der Waals surface area contributed by atoms with Gasteiger partial charge in [-0.25, -0.2) is 9.59 Å². The molecule has 0 saturated carbocycles. The average Bonchev–Trinajstić information content (AvgIpc) is 2.98. The van der Waals surface area contributed by atoms with Crippen LogP contribution in [0.25, 0.3) is 0 Å². The van der Waals surface area contributed by atoms with Crippen LogP contribution in [0.15, 0.2) is 60.7 Å². The Labute approximate surface area is 234 Å². The van der Waals surface area contributed by atoms with E-state index >= 15 is 0 Å². The SMILES string of the molecule is CO[C@H]1OC(CO)[C@H](O)[C@H](O[C@@H]2OC(COC(=O)c3ccccc3)[C@H](C)[C@H](C)C2OC(=O)c2ccccc2)C1C. The molecule has 2 aliphatic heterocycles. The van der Waals surface area contributed by atoms with Gasteiger partial charge < -0.3 is 38.6 Å². The number of carbonyl (C=O) groups is 2. The van der Waals surface area contributed by atoms with E-state index in [-0.39, 0.29) is 18.4 Å². The lowest BCUT2D eigenvalue weighted by Gasteiger charge is -2.48. The third kappa shape index (κ3) is 6.71. The summed E-state index contributed by atoms with van der Waals surface area (Å²) in [6.07, 6.45) is -6.33. The van der Waals surface area contributed by atoms with Gasteiger partial charge in [0.05, 0.1) is 29.9 Å². The maximum Gasteiger partial charge on any atom is 0.338 e. The molecule has 10 nitrogen and oxygen atoms in total. The molecule has 40 heavy (non-hydrogen) atoms. The Morgan fingerprint density at radius 2 is 1.35 bits per heavy atom. The van der Waals surface area contributed by atoms with Crippen LogP contribution in [0.3, 0.4) is 0 Å². The van der Waals surface area contributed by atoms with Crippen LogP contribution in [0.4, 0.5) is 0 Å². The Morgan fingerprint density at radius 3 is 1.93 bits per heavy atom. The first-order valence-electron chi connectivity index (χ1n) is 13.5. The van der Waals surface area contributed by atoms with Crippen molar-refractivity contribution >= 4 is 11.9 Å². The third-order valence-corrected chi connectivity index (χ3v) is 7.83. The summed E-state index contributed by atoms with van der Waals surface area (Å²) >= 11 is 0. The first kappa shape index (κ1) is 30.1. The number of rotatable bonds is 9. The Balaban J connectivity index is 1.56. The molecule has 0 aromatic heterocycles. The van der Waals surface area contributed by atoms with Crippen molar-refractivity contribution in [3.05, 3.63) is 71.8 Å². The van der Waals surface area contributed by atoms with Gasteiger partial charge in [0.25, 0.3) is 0 Å². The van der Waals surface area contributed by atoms with Crippen molar-refractivity contribution in [1.82, 2.24) is 0 Å². The minimum Gasteiger partial charge on any atom is -0.459 e. The highest BCUT2D eigenvalue weighted by Gasteiger charge is 2.50. The normalized spacial score (nSPS) is 34.1. The van der Waals surface area contributed by atoms with Crippen molar-refractivity contribution < 1.29 is 48.2 Å². The van der Waals surface area contributed by atoms with Crippen molar-refractivity contribution in [2.75, 3.05) is 20.3 Å². The molecule has 0 radical (unpaired) electrons. The van der Waals surface area contributed by atoms with Gasteiger partial charge in [0.2, 0.25) is 0 Å². The summed E-state index contributed by atoms with van der Waals surface area (Å²) in [5.41, 5.74) is 0.792. The van der Waals surface area contributed by atoms with Crippen LogP contribution in [-0.4, -0.2) is 85.6 Å². The minimum atomic E-state index is -1.20. The average molecular weight is 559 g/mol. The van der Waals surface area contributed by atoms with E-state index in [1.807, 2.05) is 19.9 Å². The fourth-order valence-corrected chi connectivity index (χ4v) is 5.14. The van der Waals surface area contributed by atoms with Crippen LogP contribution >= 0.6 is 0 Å². The molecule has 2 aromatic rings. The van der Waals surface area contributed by atoms with Crippen molar-refractivity contribution in [1.29, 1.82) is 0 Å². The van der Waals surface area contributed by atoms with Gasteiger partial charge in [0.1, 0.15) is 18.8 Å². The standard InChI is InChI=1S/C30H38O10/c1-17-18(2)26(39-28(34)21-13-9-6-10-14-21)30(38-23(17)16-36-27(33)20-11-7-5-8-12-20)40-25-19(3)29(35-4)37-22(15-31)24(25)32/h5-14,17-19,22-26,29-32H,15-16H2,1-4H3/t17-,18+,19?,22?,23?,24+,25-,26?,29+,30+/m1/s1. The van der Waals surface area contributed by atoms with Crippen molar-refractivity contribution in [2.24, 2.45) is 17.8 Å². The molecule has 2 aromatic carbocycles. The maximum atomic E-state index is 13.1. The zero-order chi connectivity index (χ0) is 28.8. The zero-order valence-electron chi connectivity index (χ0n) is 23.1. The van der Waals surface area contributed by atoms with Gasteiger partial charge in [-0.05, 0) is 30.2 Å². The molecule has 4 rings (SSSR count). The van der Waals surface area contributed by atoms with E-state index in [4.69, 9.17) is 28.4 Å². The number of methoxy groups -OCH3 is 1. The summed E-state index contributed by atoms with van der Waals surface area (Å²) in [7, 11) is 1.47. The first-order valence-corrected chi connectivity index (χ1v) is 13.5. The van der Waals surface area contributed by atoms with Gasteiger partial charge in [-0.3, -0.25) is 0 Å².